The van der Waals surface area contributed by atoms with Gasteiger partial charge in [-0.3, -0.25) is 0 Å². The molecule has 2 N–H and O–H groups in total. The van der Waals surface area contributed by atoms with E-state index in [1.54, 1.807) is 0 Å². The van der Waals surface area contributed by atoms with Gasteiger partial charge < -0.3 is 19.9 Å². The van der Waals surface area contributed by atoms with Crippen LogP contribution in [0.2, 0.25) is 0 Å². The summed E-state index contributed by atoms with van der Waals surface area (Å²) in [5.74, 6) is 0.774. The van der Waals surface area contributed by atoms with Gasteiger partial charge in [-0.1, -0.05) is 19.3 Å². The topological polar surface area (TPSA) is 50.7 Å². The maximum absolute atomic E-state index is 9.88. The standard InChI is InChI=1S/C16H33NO3/c1-13(2)20-10-9-19-12-16(18)11-17-14(3)15-7-5-4-6-8-15/h13-18H,4-12H2,1-3H3/t14-,16?/m0/s1. The molecule has 0 radical (unpaired) electrons. The summed E-state index contributed by atoms with van der Waals surface area (Å²) in [6, 6.07) is 0.495. The molecule has 0 bridgehead atoms. The lowest BCUT2D eigenvalue weighted by molar-refractivity contribution is -0.0108. The molecule has 0 spiro atoms. The van der Waals surface area contributed by atoms with E-state index in [1.807, 2.05) is 13.8 Å². The van der Waals surface area contributed by atoms with Crippen molar-refractivity contribution in [2.24, 2.45) is 5.92 Å². The lowest BCUT2D eigenvalue weighted by atomic mass is 9.84. The molecule has 4 heteroatoms. The molecule has 0 aromatic heterocycles. The van der Waals surface area contributed by atoms with E-state index in [0.717, 1.165) is 5.92 Å². The van der Waals surface area contributed by atoms with Gasteiger partial charge in [0.1, 0.15) is 0 Å². The maximum Gasteiger partial charge on any atom is 0.0897 e. The van der Waals surface area contributed by atoms with Crippen molar-refractivity contribution in [2.75, 3.05) is 26.4 Å². The lowest BCUT2D eigenvalue weighted by Gasteiger charge is -2.29. The van der Waals surface area contributed by atoms with Crippen LogP contribution < -0.4 is 5.32 Å². The molecule has 0 aliphatic heterocycles. The molecule has 120 valence electrons. The van der Waals surface area contributed by atoms with Crippen molar-refractivity contribution < 1.29 is 14.6 Å². The van der Waals surface area contributed by atoms with Gasteiger partial charge in [-0.15, -0.1) is 0 Å². The van der Waals surface area contributed by atoms with E-state index in [0.29, 0.717) is 32.4 Å². The van der Waals surface area contributed by atoms with E-state index in [9.17, 15) is 5.11 Å². The van der Waals surface area contributed by atoms with Crippen LogP contribution in [0.1, 0.15) is 52.9 Å². The molecule has 0 saturated heterocycles. The molecule has 1 fully saturated rings. The molecule has 0 amide bonds. The van der Waals surface area contributed by atoms with Crippen LogP contribution in [0.5, 0.6) is 0 Å². The Labute approximate surface area is 124 Å². The van der Waals surface area contributed by atoms with E-state index >= 15 is 0 Å². The number of aliphatic hydroxyl groups excluding tert-OH is 1. The highest BCUT2D eigenvalue weighted by Crippen LogP contribution is 2.26. The normalized spacial score (nSPS) is 20.2. The fourth-order valence-corrected chi connectivity index (χ4v) is 2.74. The van der Waals surface area contributed by atoms with E-state index in [4.69, 9.17) is 9.47 Å². The first kappa shape index (κ1) is 17.9. The Morgan fingerprint density at radius 2 is 1.80 bits per heavy atom. The van der Waals surface area contributed by atoms with Crippen LogP contribution in [0.25, 0.3) is 0 Å². The van der Waals surface area contributed by atoms with Gasteiger partial charge in [0.25, 0.3) is 0 Å². The SMILES string of the molecule is CC(C)OCCOCC(O)CN[C@@H](C)C1CCCCC1. The Hall–Kier alpha value is -0.160. The molecule has 20 heavy (non-hydrogen) atoms. The minimum atomic E-state index is -0.430. The third-order valence-electron chi connectivity index (χ3n) is 4.02. The van der Waals surface area contributed by atoms with Crippen LogP contribution >= 0.6 is 0 Å². The minimum absolute atomic E-state index is 0.238. The van der Waals surface area contributed by atoms with Gasteiger partial charge >= 0.3 is 0 Å². The molecule has 0 heterocycles. The highest BCUT2D eigenvalue weighted by Gasteiger charge is 2.20. The second-order valence-electron chi connectivity index (χ2n) is 6.24. The van der Waals surface area contributed by atoms with E-state index < -0.39 is 6.10 Å². The fraction of sp³-hybridized carbons (Fsp3) is 1.00. The molecular weight excluding hydrogens is 254 g/mol. The minimum Gasteiger partial charge on any atom is -0.389 e. The van der Waals surface area contributed by atoms with Crippen LogP contribution in [0, 0.1) is 5.92 Å². The average Bonchev–Trinajstić information content (AvgIpc) is 2.45. The number of hydrogen-bond acceptors (Lipinski definition) is 4. The zero-order chi connectivity index (χ0) is 14.8. The van der Waals surface area contributed by atoms with Gasteiger partial charge in [-0.2, -0.15) is 0 Å². The van der Waals surface area contributed by atoms with Gasteiger partial charge in [0.2, 0.25) is 0 Å². The summed E-state index contributed by atoms with van der Waals surface area (Å²) >= 11 is 0. The largest absolute Gasteiger partial charge is 0.389 e. The number of nitrogens with one attached hydrogen (secondary N) is 1. The number of hydrogen-bond donors (Lipinski definition) is 2. The summed E-state index contributed by atoms with van der Waals surface area (Å²) in [4.78, 5) is 0. The van der Waals surface area contributed by atoms with Gasteiger partial charge in [0.05, 0.1) is 32.0 Å². The van der Waals surface area contributed by atoms with Crippen molar-refractivity contribution in [2.45, 2.75) is 71.1 Å². The average molecular weight is 287 g/mol. The third kappa shape index (κ3) is 8.20. The van der Waals surface area contributed by atoms with E-state index in [1.165, 1.54) is 32.1 Å². The molecule has 1 aliphatic rings. The molecule has 1 saturated carbocycles. The predicted octanol–water partition coefficient (Wildman–Crippen LogP) is 2.35. The first-order valence-corrected chi connectivity index (χ1v) is 8.20. The summed E-state index contributed by atoms with van der Waals surface area (Å²) in [5.41, 5.74) is 0. The van der Waals surface area contributed by atoms with Crippen molar-refractivity contribution >= 4 is 0 Å². The number of ether oxygens (including phenoxy) is 2. The molecule has 4 nitrogen and oxygen atoms in total. The maximum atomic E-state index is 9.88. The predicted molar refractivity (Wildman–Crippen MR) is 82.0 cm³/mol. The number of aliphatic hydroxyl groups is 1. The summed E-state index contributed by atoms with van der Waals surface area (Å²) < 4.78 is 10.8. The van der Waals surface area contributed by atoms with Crippen LogP contribution in [0.3, 0.4) is 0 Å². The second-order valence-corrected chi connectivity index (χ2v) is 6.24. The first-order valence-electron chi connectivity index (χ1n) is 8.20. The van der Waals surface area contributed by atoms with Crippen molar-refractivity contribution in [1.82, 2.24) is 5.32 Å². The molecule has 0 aromatic rings. The quantitative estimate of drug-likeness (QED) is 0.606. The highest BCUT2D eigenvalue weighted by molar-refractivity contribution is 4.76. The fourth-order valence-electron chi connectivity index (χ4n) is 2.74. The monoisotopic (exact) mass is 287 g/mol. The van der Waals surface area contributed by atoms with Crippen LogP contribution in [-0.2, 0) is 9.47 Å². The summed E-state index contributed by atoms with van der Waals surface area (Å²) in [5, 5.41) is 13.3. The van der Waals surface area contributed by atoms with Crippen molar-refractivity contribution in [3.05, 3.63) is 0 Å². The Morgan fingerprint density at radius 1 is 1.10 bits per heavy atom. The lowest BCUT2D eigenvalue weighted by Crippen LogP contribution is -2.40. The van der Waals surface area contributed by atoms with E-state index in [2.05, 4.69) is 12.2 Å². The van der Waals surface area contributed by atoms with Crippen molar-refractivity contribution in [1.29, 1.82) is 0 Å². The first-order chi connectivity index (χ1) is 9.59. The third-order valence-corrected chi connectivity index (χ3v) is 4.02. The van der Waals surface area contributed by atoms with Gasteiger partial charge in [-0.05, 0) is 39.5 Å². The smallest absolute Gasteiger partial charge is 0.0897 e. The van der Waals surface area contributed by atoms with Crippen molar-refractivity contribution in [3.8, 4) is 0 Å². The van der Waals surface area contributed by atoms with Crippen LogP contribution in [0.15, 0.2) is 0 Å². The van der Waals surface area contributed by atoms with E-state index in [-0.39, 0.29) is 6.10 Å². The van der Waals surface area contributed by atoms with Gasteiger partial charge in [0, 0.05) is 12.6 Å². The Morgan fingerprint density at radius 3 is 2.45 bits per heavy atom. The summed E-state index contributed by atoms with van der Waals surface area (Å²) in [6.45, 7) is 8.38. The zero-order valence-electron chi connectivity index (χ0n) is 13.4. The van der Waals surface area contributed by atoms with Gasteiger partial charge in [-0.25, -0.2) is 0 Å². The Balaban J connectivity index is 1.99. The number of rotatable bonds is 10. The summed E-state index contributed by atoms with van der Waals surface area (Å²) in [7, 11) is 0. The molecule has 1 rings (SSSR count). The van der Waals surface area contributed by atoms with Crippen LogP contribution in [-0.4, -0.2) is 49.7 Å². The molecule has 2 atom stereocenters. The van der Waals surface area contributed by atoms with Crippen LogP contribution in [0.4, 0.5) is 0 Å². The summed E-state index contributed by atoms with van der Waals surface area (Å²) in [6.07, 6.45) is 6.57. The Kier molecular flexibility index (Phi) is 9.44. The zero-order valence-corrected chi connectivity index (χ0v) is 13.4. The molecule has 0 aromatic carbocycles. The second kappa shape index (κ2) is 10.6. The molecular formula is C16H33NO3. The van der Waals surface area contributed by atoms with Crippen molar-refractivity contribution in [3.63, 3.8) is 0 Å². The van der Waals surface area contributed by atoms with Gasteiger partial charge in [0.15, 0.2) is 0 Å². The molecule has 1 unspecified atom stereocenters. The highest BCUT2D eigenvalue weighted by atomic mass is 16.5. The Bertz CT molecular complexity index is 230. The molecule has 1 aliphatic carbocycles.